The predicted molar refractivity (Wildman–Crippen MR) is 148 cm³/mol. The SMILES string of the molecule is Cc1cccc(C(C(=O)Nc2c(C)cccc2Cl)N(CC#N)C(=O)C(CCC(N)=O)NC(=O)OC(C)(C)C)c1. The van der Waals surface area contributed by atoms with Crippen LogP contribution in [0.5, 0.6) is 0 Å². The zero-order valence-corrected chi connectivity index (χ0v) is 23.5. The summed E-state index contributed by atoms with van der Waals surface area (Å²) in [5, 5.41) is 15.2. The van der Waals surface area contributed by atoms with Crippen molar-refractivity contribution in [2.24, 2.45) is 5.73 Å². The van der Waals surface area contributed by atoms with E-state index in [9.17, 15) is 24.4 Å². The lowest BCUT2D eigenvalue weighted by Crippen LogP contribution is -2.52. The number of primary amides is 1. The second kappa shape index (κ2) is 13.6. The van der Waals surface area contributed by atoms with Crippen molar-refractivity contribution in [1.29, 1.82) is 5.26 Å². The van der Waals surface area contributed by atoms with Crippen molar-refractivity contribution in [2.45, 2.75) is 65.1 Å². The quantitative estimate of drug-likeness (QED) is 0.374. The van der Waals surface area contributed by atoms with E-state index in [2.05, 4.69) is 10.6 Å². The number of carbonyl (C=O) groups is 4. The van der Waals surface area contributed by atoms with Crippen molar-refractivity contribution < 1.29 is 23.9 Å². The number of rotatable bonds is 10. The van der Waals surface area contributed by atoms with Gasteiger partial charge < -0.3 is 26.0 Å². The second-order valence-corrected chi connectivity index (χ2v) is 10.5. The topological polar surface area (TPSA) is 155 Å². The van der Waals surface area contributed by atoms with Gasteiger partial charge in [-0.25, -0.2) is 4.79 Å². The summed E-state index contributed by atoms with van der Waals surface area (Å²) in [5.74, 6) is -2.07. The number of alkyl carbamates (subject to hydrolysis) is 1. The molecule has 0 fully saturated rings. The molecular weight excluding hydrogens is 522 g/mol. The van der Waals surface area contributed by atoms with Gasteiger partial charge in [0.05, 0.1) is 16.8 Å². The lowest BCUT2D eigenvalue weighted by atomic mass is 9.99. The fraction of sp³-hybridized carbons (Fsp3) is 0.393. The van der Waals surface area contributed by atoms with E-state index in [4.69, 9.17) is 22.1 Å². The van der Waals surface area contributed by atoms with Crippen LogP contribution in [0.25, 0.3) is 0 Å². The number of carbonyl (C=O) groups excluding carboxylic acids is 4. The molecule has 0 heterocycles. The maximum absolute atomic E-state index is 13.9. The molecular formula is C28H34ClN5O5. The number of halogens is 1. The number of hydrogen-bond acceptors (Lipinski definition) is 6. The number of para-hydroxylation sites is 1. The number of nitriles is 1. The van der Waals surface area contributed by atoms with E-state index in [0.717, 1.165) is 10.5 Å². The number of aryl methyl sites for hydroxylation is 2. The van der Waals surface area contributed by atoms with Gasteiger partial charge >= 0.3 is 6.09 Å². The first-order chi connectivity index (χ1) is 18.2. The third-order valence-corrected chi connectivity index (χ3v) is 5.90. The molecule has 39 heavy (non-hydrogen) atoms. The third kappa shape index (κ3) is 9.30. The molecule has 0 saturated heterocycles. The van der Waals surface area contributed by atoms with Crippen molar-refractivity contribution in [1.82, 2.24) is 10.2 Å². The molecule has 0 aromatic heterocycles. The Bertz CT molecular complexity index is 1250. The number of nitrogens with two attached hydrogens (primary N) is 1. The van der Waals surface area contributed by atoms with Crippen LogP contribution in [0.1, 0.15) is 56.3 Å². The summed E-state index contributed by atoms with van der Waals surface area (Å²) in [6.45, 7) is 8.07. The molecule has 2 atom stereocenters. The molecule has 0 saturated carbocycles. The average Bonchev–Trinajstić information content (AvgIpc) is 2.82. The van der Waals surface area contributed by atoms with Gasteiger partial charge in [-0.15, -0.1) is 0 Å². The standard InChI is InChI=1S/C28H34ClN5O5/c1-17-8-6-10-19(16-17)24(25(36)33-23-18(2)9-7-11-20(23)29)34(15-14-30)26(37)21(12-13-22(31)35)32-27(38)39-28(3,4)5/h6-11,16,21,24H,12-13,15H2,1-5H3,(H2,31,35)(H,32,38)(H,33,36). The van der Waals surface area contributed by atoms with E-state index in [1.54, 1.807) is 64.1 Å². The summed E-state index contributed by atoms with van der Waals surface area (Å²) in [5.41, 5.74) is 6.76. The van der Waals surface area contributed by atoms with Gasteiger partial charge in [-0.3, -0.25) is 14.4 Å². The van der Waals surface area contributed by atoms with Crippen LogP contribution in [0.2, 0.25) is 5.02 Å². The lowest BCUT2D eigenvalue weighted by Gasteiger charge is -2.33. The highest BCUT2D eigenvalue weighted by Crippen LogP contribution is 2.29. The van der Waals surface area contributed by atoms with Gasteiger partial charge in [0.1, 0.15) is 24.2 Å². The number of benzene rings is 2. The Kier molecular flexibility index (Phi) is 10.9. The molecule has 4 N–H and O–H groups in total. The van der Waals surface area contributed by atoms with E-state index in [0.29, 0.717) is 21.8 Å². The van der Waals surface area contributed by atoms with Gasteiger partial charge in [-0.1, -0.05) is 53.6 Å². The fourth-order valence-electron chi connectivity index (χ4n) is 3.86. The Labute approximate surface area is 233 Å². The van der Waals surface area contributed by atoms with Gasteiger partial charge in [-0.05, 0) is 58.2 Å². The van der Waals surface area contributed by atoms with E-state index < -0.39 is 48.0 Å². The van der Waals surface area contributed by atoms with E-state index in [-0.39, 0.29) is 12.8 Å². The molecule has 0 aliphatic carbocycles. The van der Waals surface area contributed by atoms with Crippen molar-refractivity contribution in [3.63, 3.8) is 0 Å². The Balaban J connectivity index is 2.55. The summed E-state index contributed by atoms with van der Waals surface area (Å²) in [7, 11) is 0. The van der Waals surface area contributed by atoms with Crippen LogP contribution in [0, 0.1) is 25.2 Å². The van der Waals surface area contributed by atoms with Crippen molar-refractivity contribution in [2.75, 3.05) is 11.9 Å². The summed E-state index contributed by atoms with van der Waals surface area (Å²) >= 11 is 6.33. The van der Waals surface area contributed by atoms with Crippen LogP contribution in [-0.4, -0.2) is 46.9 Å². The predicted octanol–water partition coefficient (Wildman–Crippen LogP) is 4.15. The smallest absolute Gasteiger partial charge is 0.408 e. The van der Waals surface area contributed by atoms with Gasteiger partial charge in [0.15, 0.2) is 0 Å². The summed E-state index contributed by atoms with van der Waals surface area (Å²) < 4.78 is 5.28. The molecule has 208 valence electrons. The lowest BCUT2D eigenvalue weighted by molar-refractivity contribution is -0.140. The Hall–Kier alpha value is -4.10. The maximum Gasteiger partial charge on any atom is 0.408 e. The molecule has 2 aromatic carbocycles. The minimum Gasteiger partial charge on any atom is -0.444 e. The molecule has 0 radical (unpaired) electrons. The van der Waals surface area contributed by atoms with Gasteiger partial charge in [-0.2, -0.15) is 5.26 Å². The molecule has 4 amide bonds. The molecule has 10 nitrogen and oxygen atoms in total. The molecule has 2 rings (SSSR count). The summed E-state index contributed by atoms with van der Waals surface area (Å²) in [6, 6.07) is 11.4. The molecule has 0 spiro atoms. The van der Waals surface area contributed by atoms with Crippen LogP contribution < -0.4 is 16.4 Å². The van der Waals surface area contributed by atoms with Crippen molar-refractivity contribution in [3.05, 3.63) is 64.2 Å². The molecule has 0 aliphatic rings. The van der Waals surface area contributed by atoms with Gasteiger partial charge in [0.25, 0.3) is 5.91 Å². The zero-order chi connectivity index (χ0) is 29.3. The van der Waals surface area contributed by atoms with Crippen LogP contribution >= 0.6 is 11.6 Å². The highest BCUT2D eigenvalue weighted by molar-refractivity contribution is 6.34. The van der Waals surface area contributed by atoms with E-state index in [1.807, 2.05) is 19.1 Å². The number of hydrogen-bond donors (Lipinski definition) is 3. The average molecular weight is 556 g/mol. The van der Waals surface area contributed by atoms with Crippen LogP contribution in [-0.2, 0) is 19.1 Å². The number of anilines is 1. The Morgan fingerprint density at radius 3 is 2.36 bits per heavy atom. The molecule has 2 unspecified atom stereocenters. The zero-order valence-electron chi connectivity index (χ0n) is 22.7. The highest BCUT2D eigenvalue weighted by atomic mass is 35.5. The Morgan fingerprint density at radius 2 is 1.79 bits per heavy atom. The maximum atomic E-state index is 13.9. The molecule has 0 aliphatic heterocycles. The van der Waals surface area contributed by atoms with Gasteiger partial charge in [0.2, 0.25) is 11.8 Å². The number of nitrogens with one attached hydrogen (secondary N) is 2. The molecule has 0 bridgehead atoms. The first-order valence-electron chi connectivity index (χ1n) is 12.3. The van der Waals surface area contributed by atoms with Crippen molar-refractivity contribution >= 4 is 41.1 Å². The minimum absolute atomic E-state index is 0.166. The summed E-state index contributed by atoms with van der Waals surface area (Å²) in [6.07, 6.45) is -1.29. The normalized spacial score (nSPS) is 12.4. The fourth-order valence-corrected chi connectivity index (χ4v) is 4.13. The highest BCUT2D eigenvalue weighted by Gasteiger charge is 2.36. The molecule has 2 aromatic rings. The van der Waals surface area contributed by atoms with Crippen LogP contribution in [0.15, 0.2) is 42.5 Å². The van der Waals surface area contributed by atoms with Gasteiger partial charge in [0, 0.05) is 6.42 Å². The van der Waals surface area contributed by atoms with Crippen molar-refractivity contribution in [3.8, 4) is 6.07 Å². The van der Waals surface area contributed by atoms with Crippen LogP contribution in [0.3, 0.4) is 0 Å². The van der Waals surface area contributed by atoms with E-state index >= 15 is 0 Å². The second-order valence-electron chi connectivity index (χ2n) is 10.1. The monoisotopic (exact) mass is 555 g/mol. The largest absolute Gasteiger partial charge is 0.444 e. The first kappa shape index (κ1) is 31.1. The molecule has 11 heteroatoms. The summed E-state index contributed by atoms with van der Waals surface area (Å²) in [4.78, 5) is 52.8. The Morgan fingerprint density at radius 1 is 1.13 bits per heavy atom. The minimum atomic E-state index is -1.30. The number of nitrogens with zero attached hydrogens (tertiary/aromatic N) is 2. The first-order valence-corrected chi connectivity index (χ1v) is 12.7. The third-order valence-electron chi connectivity index (χ3n) is 5.58. The number of amides is 4. The van der Waals surface area contributed by atoms with E-state index in [1.165, 1.54) is 0 Å². The number of ether oxygens (including phenoxy) is 1. The van der Waals surface area contributed by atoms with Crippen LogP contribution in [0.4, 0.5) is 10.5 Å².